The zero-order valence-electron chi connectivity index (χ0n) is 19.9. The Morgan fingerprint density at radius 3 is 2.89 bits per heavy atom. The number of methoxy groups -OCH3 is 1. The molecule has 2 aromatic carbocycles. The lowest BCUT2D eigenvalue weighted by Crippen LogP contribution is -2.44. The number of hydrogen-bond donors (Lipinski definition) is 1. The van der Waals surface area contributed by atoms with Crippen molar-refractivity contribution in [2.24, 2.45) is 11.8 Å². The van der Waals surface area contributed by atoms with Crippen molar-refractivity contribution in [1.82, 2.24) is 9.88 Å². The molecule has 1 unspecified atom stereocenters. The molecule has 1 aromatic heterocycles. The SMILES string of the molecule is COc1ccc2nccc(C(F)CC[C@@H]3CCN(CC#Cc4ccc(Cl)cc4F)C[C@@H]3C(=O)O)c2c1. The van der Waals surface area contributed by atoms with Crippen LogP contribution in [0.3, 0.4) is 0 Å². The highest BCUT2D eigenvalue weighted by molar-refractivity contribution is 6.30. The highest BCUT2D eigenvalue weighted by Gasteiger charge is 2.34. The molecule has 5 nitrogen and oxygen atoms in total. The molecule has 1 N–H and O–H groups in total. The predicted octanol–water partition coefficient (Wildman–Crippen LogP) is 5.90. The van der Waals surface area contributed by atoms with E-state index in [-0.39, 0.29) is 17.9 Å². The van der Waals surface area contributed by atoms with E-state index in [0.717, 1.165) is 0 Å². The maximum atomic E-state index is 15.4. The van der Waals surface area contributed by atoms with Crippen LogP contribution in [0, 0.1) is 29.5 Å². The average Bonchev–Trinajstić information content (AvgIpc) is 2.88. The first-order chi connectivity index (χ1) is 17.4. The van der Waals surface area contributed by atoms with E-state index in [1.165, 1.54) is 12.1 Å². The molecule has 0 radical (unpaired) electrons. The smallest absolute Gasteiger partial charge is 0.308 e. The first kappa shape index (κ1) is 25.9. The summed E-state index contributed by atoms with van der Waals surface area (Å²) in [6.07, 6.45) is 1.66. The van der Waals surface area contributed by atoms with E-state index in [1.54, 1.807) is 43.6 Å². The molecule has 0 saturated carbocycles. The van der Waals surface area contributed by atoms with Gasteiger partial charge >= 0.3 is 5.97 Å². The van der Waals surface area contributed by atoms with Crippen LogP contribution in [0.25, 0.3) is 10.9 Å². The number of aromatic nitrogens is 1. The number of ether oxygens (including phenoxy) is 1. The van der Waals surface area contributed by atoms with Crippen molar-refractivity contribution < 1.29 is 23.4 Å². The Balaban J connectivity index is 1.38. The van der Waals surface area contributed by atoms with E-state index in [2.05, 4.69) is 16.8 Å². The largest absolute Gasteiger partial charge is 0.497 e. The van der Waals surface area contributed by atoms with Gasteiger partial charge in [0.05, 0.1) is 30.7 Å². The lowest BCUT2D eigenvalue weighted by atomic mass is 9.81. The number of fused-ring (bicyclic) bond motifs is 1. The Bertz CT molecular complexity index is 1310. The summed E-state index contributed by atoms with van der Waals surface area (Å²) in [5, 5.41) is 10.8. The Morgan fingerprint density at radius 1 is 1.31 bits per heavy atom. The summed E-state index contributed by atoms with van der Waals surface area (Å²) in [5.74, 6) is 4.21. The molecule has 4 rings (SSSR count). The summed E-state index contributed by atoms with van der Waals surface area (Å²) in [4.78, 5) is 18.3. The van der Waals surface area contributed by atoms with Crippen molar-refractivity contribution in [3.05, 3.63) is 70.6 Å². The van der Waals surface area contributed by atoms with Gasteiger partial charge in [0.2, 0.25) is 0 Å². The van der Waals surface area contributed by atoms with Crippen LogP contribution in [0.5, 0.6) is 5.75 Å². The third-order valence-electron chi connectivity index (χ3n) is 6.72. The Labute approximate surface area is 214 Å². The second-order valence-electron chi connectivity index (χ2n) is 8.98. The number of halogens is 3. The number of benzene rings is 2. The molecule has 0 spiro atoms. The number of carboxylic acids is 1. The van der Waals surface area contributed by atoms with Crippen molar-refractivity contribution in [3.8, 4) is 17.6 Å². The number of carboxylic acid groups (broad SMARTS) is 1. The van der Waals surface area contributed by atoms with Gasteiger partial charge in [-0.05, 0) is 79.8 Å². The highest BCUT2D eigenvalue weighted by Crippen LogP contribution is 2.35. The van der Waals surface area contributed by atoms with Crippen molar-refractivity contribution in [1.29, 1.82) is 0 Å². The molecule has 1 aliphatic rings. The third kappa shape index (κ3) is 6.13. The maximum Gasteiger partial charge on any atom is 0.308 e. The molecule has 0 amide bonds. The second kappa shape index (κ2) is 11.7. The summed E-state index contributed by atoms with van der Waals surface area (Å²) in [5.41, 5.74) is 1.47. The van der Waals surface area contributed by atoms with E-state index in [0.29, 0.717) is 59.7 Å². The maximum absolute atomic E-state index is 15.4. The summed E-state index contributed by atoms with van der Waals surface area (Å²) < 4.78 is 34.5. The van der Waals surface area contributed by atoms with Gasteiger partial charge < -0.3 is 9.84 Å². The number of pyridine rings is 1. The van der Waals surface area contributed by atoms with Gasteiger partial charge in [-0.15, -0.1) is 0 Å². The minimum Gasteiger partial charge on any atom is -0.497 e. The molecule has 1 aliphatic heterocycles. The van der Waals surface area contributed by atoms with E-state index in [1.807, 2.05) is 4.90 Å². The van der Waals surface area contributed by atoms with Crippen molar-refractivity contribution in [2.75, 3.05) is 26.7 Å². The monoisotopic (exact) mass is 512 g/mol. The van der Waals surface area contributed by atoms with Gasteiger partial charge in [-0.2, -0.15) is 0 Å². The first-order valence-corrected chi connectivity index (χ1v) is 12.2. The Kier molecular flexibility index (Phi) is 8.40. The number of hydrogen-bond acceptors (Lipinski definition) is 4. The lowest BCUT2D eigenvalue weighted by molar-refractivity contribution is -0.146. The van der Waals surface area contributed by atoms with Crippen LogP contribution in [-0.4, -0.2) is 47.7 Å². The van der Waals surface area contributed by atoms with Crippen LogP contribution in [0.2, 0.25) is 5.02 Å². The fraction of sp³-hybridized carbons (Fsp3) is 0.357. The van der Waals surface area contributed by atoms with Crippen LogP contribution in [0.4, 0.5) is 8.78 Å². The van der Waals surface area contributed by atoms with E-state index < -0.39 is 23.9 Å². The Hall–Kier alpha value is -3.21. The molecule has 1 fully saturated rings. The summed E-state index contributed by atoms with van der Waals surface area (Å²) in [6.45, 7) is 1.30. The van der Waals surface area contributed by atoms with Gasteiger partial charge in [-0.1, -0.05) is 23.4 Å². The van der Waals surface area contributed by atoms with Crippen LogP contribution < -0.4 is 4.74 Å². The number of rotatable bonds is 7. The average molecular weight is 513 g/mol. The van der Waals surface area contributed by atoms with Crippen molar-refractivity contribution in [2.45, 2.75) is 25.4 Å². The van der Waals surface area contributed by atoms with Gasteiger partial charge in [-0.3, -0.25) is 14.7 Å². The summed E-state index contributed by atoms with van der Waals surface area (Å²) in [6, 6.07) is 11.3. The lowest BCUT2D eigenvalue weighted by Gasteiger charge is -2.35. The molecule has 1 saturated heterocycles. The number of carbonyl (C=O) groups is 1. The van der Waals surface area contributed by atoms with Crippen LogP contribution in [0.15, 0.2) is 48.7 Å². The molecule has 3 aromatic rings. The van der Waals surface area contributed by atoms with E-state index in [4.69, 9.17) is 16.3 Å². The van der Waals surface area contributed by atoms with Crippen LogP contribution in [0.1, 0.15) is 36.6 Å². The molecule has 3 atom stereocenters. The molecule has 36 heavy (non-hydrogen) atoms. The minimum absolute atomic E-state index is 0.138. The van der Waals surface area contributed by atoms with Gasteiger partial charge in [0.15, 0.2) is 0 Å². The van der Waals surface area contributed by atoms with Gasteiger partial charge in [-0.25, -0.2) is 8.78 Å². The molecule has 2 heterocycles. The van der Waals surface area contributed by atoms with Crippen molar-refractivity contribution in [3.63, 3.8) is 0 Å². The fourth-order valence-corrected chi connectivity index (χ4v) is 4.90. The third-order valence-corrected chi connectivity index (χ3v) is 6.96. The molecule has 8 heteroatoms. The zero-order chi connectivity index (χ0) is 25.7. The quantitative estimate of drug-likeness (QED) is 0.399. The molecule has 0 aliphatic carbocycles. The number of piperidine rings is 1. The number of likely N-dealkylation sites (tertiary alicyclic amines) is 1. The zero-order valence-corrected chi connectivity index (χ0v) is 20.6. The van der Waals surface area contributed by atoms with E-state index >= 15 is 4.39 Å². The minimum atomic E-state index is -1.24. The summed E-state index contributed by atoms with van der Waals surface area (Å²) in [7, 11) is 1.56. The highest BCUT2D eigenvalue weighted by atomic mass is 35.5. The standard InChI is InChI=1S/C28H27ClF2N2O3/c1-36-21-7-9-27-23(16-21)22(10-12-32-27)25(30)8-5-18-11-14-33(17-24(18)28(34)35)13-2-3-19-4-6-20(29)15-26(19)31/h4,6-7,9-10,12,15-16,18,24-25H,5,8,11,13-14,17H2,1H3,(H,34,35)/t18-,24+,25?/m1/s1. The number of alkyl halides is 1. The van der Waals surface area contributed by atoms with Crippen LogP contribution in [-0.2, 0) is 4.79 Å². The molecular formula is C28H27ClF2N2O3. The topological polar surface area (TPSA) is 62.7 Å². The molecule has 0 bridgehead atoms. The first-order valence-electron chi connectivity index (χ1n) is 11.8. The molecular weight excluding hydrogens is 486 g/mol. The fourth-order valence-electron chi connectivity index (χ4n) is 4.74. The number of aliphatic carboxylic acids is 1. The van der Waals surface area contributed by atoms with Gasteiger partial charge in [0, 0.05) is 23.2 Å². The van der Waals surface area contributed by atoms with Crippen molar-refractivity contribution >= 4 is 28.5 Å². The summed E-state index contributed by atoms with van der Waals surface area (Å²) >= 11 is 5.77. The predicted molar refractivity (Wildman–Crippen MR) is 135 cm³/mol. The number of nitrogens with zero attached hydrogens (tertiary/aromatic N) is 2. The van der Waals surface area contributed by atoms with Gasteiger partial charge in [0.25, 0.3) is 0 Å². The van der Waals surface area contributed by atoms with E-state index in [9.17, 15) is 14.3 Å². The second-order valence-corrected chi connectivity index (χ2v) is 9.42. The normalized spacial score (nSPS) is 18.9. The van der Waals surface area contributed by atoms with Crippen LogP contribution >= 0.6 is 11.6 Å². The van der Waals surface area contributed by atoms with Gasteiger partial charge in [0.1, 0.15) is 17.7 Å². The Morgan fingerprint density at radius 2 is 2.14 bits per heavy atom. The molecule has 188 valence electrons.